The van der Waals surface area contributed by atoms with E-state index in [0.29, 0.717) is 22.7 Å². The fraction of sp³-hybridized carbons (Fsp3) is 0.350. The minimum atomic E-state index is -0.522. The van der Waals surface area contributed by atoms with Crippen LogP contribution in [0.4, 0.5) is 5.69 Å². The smallest absolute Gasteiger partial charge is 0.454 e. The molecular weight excluding hydrogens is 329 g/mol. The quantitative estimate of drug-likeness (QED) is 0.797. The van der Waals surface area contributed by atoms with Crippen molar-refractivity contribution in [3.8, 4) is 11.5 Å². The highest BCUT2D eigenvalue weighted by atomic mass is 16.7. The van der Waals surface area contributed by atoms with Crippen LogP contribution >= 0.6 is 0 Å². The van der Waals surface area contributed by atoms with Gasteiger partial charge in [0.1, 0.15) is 5.75 Å². The standard InChI is InChI=1S/C20H22BNO4/c1-12-6-8-17-15(10-12)22-18(23)14-11-13(7-9-16(14)24-17)21-25-19(2,3)20(4,5)26-21/h6-11H,1-5H3,(H,22,23). The average molecular weight is 351 g/mol. The van der Waals surface area contributed by atoms with Crippen molar-refractivity contribution in [3.63, 3.8) is 0 Å². The van der Waals surface area contributed by atoms with Crippen LogP contribution in [0, 0.1) is 6.92 Å². The molecule has 0 spiro atoms. The van der Waals surface area contributed by atoms with Gasteiger partial charge in [-0.25, -0.2) is 0 Å². The van der Waals surface area contributed by atoms with E-state index in [1.54, 1.807) is 12.1 Å². The fourth-order valence-electron chi connectivity index (χ4n) is 3.08. The fourth-order valence-corrected chi connectivity index (χ4v) is 3.08. The molecule has 1 amide bonds. The van der Waals surface area contributed by atoms with E-state index in [2.05, 4.69) is 5.32 Å². The van der Waals surface area contributed by atoms with Crippen molar-refractivity contribution in [1.29, 1.82) is 0 Å². The molecule has 0 atom stereocenters. The number of rotatable bonds is 1. The van der Waals surface area contributed by atoms with Gasteiger partial charge in [0.2, 0.25) is 0 Å². The van der Waals surface area contributed by atoms with Crippen LogP contribution in [0.2, 0.25) is 0 Å². The predicted octanol–water partition coefficient (Wildman–Crippen LogP) is 3.65. The molecule has 0 unspecified atom stereocenters. The zero-order valence-electron chi connectivity index (χ0n) is 15.7. The number of carbonyl (C=O) groups is 1. The minimum absolute atomic E-state index is 0.206. The first kappa shape index (κ1) is 17.1. The summed E-state index contributed by atoms with van der Waals surface area (Å²) in [4.78, 5) is 12.7. The molecule has 134 valence electrons. The van der Waals surface area contributed by atoms with Gasteiger partial charge in [0.05, 0.1) is 22.5 Å². The van der Waals surface area contributed by atoms with Crippen molar-refractivity contribution < 1.29 is 18.8 Å². The topological polar surface area (TPSA) is 56.8 Å². The summed E-state index contributed by atoms with van der Waals surface area (Å²) in [6, 6.07) is 11.2. The van der Waals surface area contributed by atoms with E-state index in [1.807, 2.05) is 58.9 Å². The number of nitrogens with one attached hydrogen (secondary N) is 1. The zero-order chi connectivity index (χ0) is 18.7. The zero-order valence-corrected chi connectivity index (χ0v) is 15.7. The van der Waals surface area contributed by atoms with E-state index in [-0.39, 0.29) is 5.91 Å². The molecule has 0 aromatic heterocycles. The van der Waals surface area contributed by atoms with E-state index in [0.717, 1.165) is 11.0 Å². The van der Waals surface area contributed by atoms with Crippen molar-refractivity contribution in [1.82, 2.24) is 0 Å². The molecule has 0 aliphatic carbocycles. The van der Waals surface area contributed by atoms with Crippen LogP contribution in [0.5, 0.6) is 11.5 Å². The maximum absolute atomic E-state index is 12.7. The minimum Gasteiger partial charge on any atom is -0.454 e. The van der Waals surface area contributed by atoms with Gasteiger partial charge in [-0.1, -0.05) is 12.1 Å². The summed E-state index contributed by atoms with van der Waals surface area (Å²) in [5.41, 5.74) is 2.11. The molecule has 4 rings (SSSR count). The second-order valence-electron chi connectivity index (χ2n) is 7.90. The number of aryl methyl sites for hydroxylation is 1. The van der Waals surface area contributed by atoms with Crippen LogP contribution in [0.1, 0.15) is 43.6 Å². The lowest BCUT2D eigenvalue weighted by Crippen LogP contribution is -2.41. The first-order valence-electron chi connectivity index (χ1n) is 8.76. The Labute approximate surface area is 153 Å². The normalized spacial score (nSPS) is 19.9. The molecule has 1 N–H and O–H groups in total. The van der Waals surface area contributed by atoms with E-state index >= 15 is 0 Å². The lowest BCUT2D eigenvalue weighted by Gasteiger charge is -2.32. The molecule has 1 fully saturated rings. The van der Waals surface area contributed by atoms with Crippen molar-refractivity contribution in [2.24, 2.45) is 0 Å². The molecule has 6 heteroatoms. The SMILES string of the molecule is Cc1ccc2c(c1)NC(=O)c1cc(B3OC(C)(C)C(C)(C)O3)ccc1O2. The van der Waals surface area contributed by atoms with Gasteiger partial charge in [-0.05, 0) is 69.9 Å². The molecule has 26 heavy (non-hydrogen) atoms. The average Bonchev–Trinajstić information content (AvgIpc) is 2.69. The molecule has 2 aliphatic heterocycles. The van der Waals surface area contributed by atoms with E-state index in [4.69, 9.17) is 14.0 Å². The Bertz CT molecular complexity index is 891. The Morgan fingerprint density at radius 1 is 0.923 bits per heavy atom. The molecule has 2 aromatic rings. The van der Waals surface area contributed by atoms with E-state index in [9.17, 15) is 4.79 Å². The number of anilines is 1. The summed E-state index contributed by atoms with van der Waals surface area (Å²) in [6.07, 6.45) is 0. The molecule has 0 bridgehead atoms. The Hall–Kier alpha value is -2.31. The van der Waals surface area contributed by atoms with Crippen LogP contribution in [0.3, 0.4) is 0 Å². The van der Waals surface area contributed by atoms with Crippen LogP contribution < -0.4 is 15.5 Å². The summed E-state index contributed by atoms with van der Waals surface area (Å²) in [5.74, 6) is 0.944. The molecule has 2 heterocycles. The Morgan fingerprint density at radius 2 is 1.58 bits per heavy atom. The number of fused-ring (bicyclic) bond motifs is 2. The summed E-state index contributed by atoms with van der Waals surface area (Å²) in [5, 5.41) is 2.92. The number of benzene rings is 2. The molecule has 0 radical (unpaired) electrons. The molecule has 5 nitrogen and oxygen atoms in total. The molecule has 0 saturated carbocycles. The summed E-state index contributed by atoms with van der Waals surface area (Å²) in [6.45, 7) is 9.99. The Kier molecular flexibility index (Phi) is 3.69. The summed E-state index contributed by atoms with van der Waals surface area (Å²) < 4.78 is 18.1. The maximum Gasteiger partial charge on any atom is 0.494 e. The lowest BCUT2D eigenvalue weighted by molar-refractivity contribution is 0.00578. The van der Waals surface area contributed by atoms with Crippen molar-refractivity contribution in [2.45, 2.75) is 45.8 Å². The predicted molar refractivity (Wildman–Crippen MR) is 101 cm³/mol. The van der Waals surface area contributed by atoms with Gasteiger partial charge in [-0.15, -0.1) is 0 Å². The van der Waals surface area contributed by atoms with Crippen LogP contribution in [0.15, 0.2) is 36.4 Å². The van der Waals surface area contributed by atoms with Crippen molar-refractivity contribution in [3.05, 3.63) is 47.5 Å². The number of hydrogen-bond acceptors (Lipinski definition) is 4. The lowest BCUT2D eigenvalue weighted by atomic mass is 9.78. The van der Waals surface area contributed by atoms with E-state index in [1.165, 1.54) is 0 Å². The number of amides is 1. The van der Waals surface area contributed by atoms with Gasteiger partial charge in [-0.2, -0.15) is 0 Å². The highest BCUT2D eigenvalue weighted by Crippen LogP contribution is 2.38. The van der Waals surface area contributed by atoms with Crippen molar-refractivity contribution >= 4 is 24.2 Å². The summed E-state index contributed by atoms with van der Waals surface area (Å²) in [7, 11) is -0.522. The number of hydrogen-bond donors (Lipinski definition) is 1. The first-order chi connectivity index (χ1) is 12.2. The Balaban J connectivity index is 1.70. The van der Waals surface area contributed by atoms with Crippen LogP contribution in [-0.2, 0) is 9.31 Å². The van der Waals surface area contributed by atoms with Gasteiger partial charge in [0.15, 0.2) is 5.75 Å². The monoisotopic (exact) mass is 351 g/mol. The largest absolute Gasteiger partial charge is 0.494 e. The summed E-state index contributed by atoms with van der Waals surface area (Å²) >= 11 is 0. The molecule has 2 aromatic carbocycles. The van der Waals surface area contributed by atoms with Gasteiger partial charge < -0.3 is 19.4 Å². The van der Waals surface area contributed by atoms with Crippen molar-refractivity contribution in [2.75, 3.05) is 5.32 Å². The second kappa shape index (κ2) is 5.59. The molecule has 2 aliphatic rings. The highest BCUT2D eigenvalue weighted by Gasteiger charge is 2.51. The molecular formula is C20H22BNO4. The van der Waals surface area contributed by atoms with Gasteiger partial charge in [-0.3, -0.25) is 4.79 Å². The van der Waals surface area contributed by atoms with Gasteiger partial charge in [0.25, 0.3) is 5.91 Å². The van der Waals surface area contributed by atoms with E-state index < -0.39 is 18.3 Å². The number of carbonyl (C=O) groups excluding carboxylic acids is 1. The maximum atomic E-state index is 12.7. The molecule has 1 saturated heterocycles. The Morgan fingerprint density at radius 3 is 2.27 bits per heavy atom. The van der Waals surface area contributed by atoms with Crippen LogP contribution in [-0.4, -0.2) is 24.2 Å². The van der Waals surface area contributed by atoms with Crippen LogP contribution in [0.25, 0.3) is 0 Å². The third kappa shape index (κ3) is 2.70. The van der Waals surface area contributed by atoms with Gasteiger partial charge >= 0.3 is 7.12 Å². The third-order valence-corrected chi connectivity index (χ3v) is 5.38. The highest BCUT2D eigenvalue weighted by molar-refractivity contribution is 6.62. The number of ether oxygens (including phenoxy) is 1. The second-order valence-corrected chi connectivity index (χ2v) is 7.90. The van der Waals surface area contributed by atoms with Gasteiger partial charge in [0, 0.05) is 0 Å². The third-order valence-electron chi connectivity index (χ3n) is 5.38. The first-order valence-corrected chi connectivity index (χ1v) is 8.76.